The maximum atomic E-state index is 15.1. The Labute approximate surface area is 258 Å². The number of nitrogens with one attached hydrogen (secondary N) is 2. The molecule has 3 aromatic carbocycles. The third-order valence-corrected chi connectivity index (χ3v) is 7.61. The highest BCUT2D eigenvalue weighted by atomic mass is 19.4. The van der Waals surface area contributed by atoms with Crippen LogP contribution in [-0.2, 0) is 12.6 Å². The van der Waals surface area contributed by atoms with E-state index in [9.17, 15) is 18.0 Å². The summed E-state index contributed by atoms with van der Waals surface area (Å²) in [6, 6.07) is 19.1. The van der Waals surface area contributed by atoms with Gasteiger partial charge in [0.25, 0.3) is 5.91 Å². The number of hydrogen-bond acceptors (Lipinski definition) is 4. The predicted molar refractivity (Wildman–Crippen MR) is 167 cm³/mol. The fraction of sp³-hybridized carbons (Fsp3) is 0.265. The van der Waals surface area contributed by atoms with Crippen LogP contribution >= 0.6 is 0 Å². The summed E-state index contributed by atoms with van der Waals surface area (Å²) < 4.78 is 57.5. The number of amidine groups is 1. The number of alkyl halides is 3. The Morgan fingerprint density at radius 2 is 1.87 bits per heavy atom. The number of aliphatic imine (C=N–C) groups is 1. The first-order valence-electron chi connectivity index (χ1n) is 14.7. The maximum absolute atomic E-state index is 15.1. The van der Waals surface area contributed by atoms with Gasteiger partial charge in [-0.1, -0.05) is 62.4 Å². The zero-order valence-electron chi connectivity index (χ0n) is 24.7. The van der Waals surface area contributed by atoms with Gasteiger partial charge in [0.2, 0.25) is 0 Å². The van der Waals surface area contributed by atoms with E-state index < -0.39 is 29.3 Å². The van der Waals surface area contributed by atoms with E-state index in [1.807, 2.05) is 37.3 Å². The molecule has 0 saturated heterocycles. The minimum atomic E-state index is -4.84. The third-order valence-electron chi connectivity index (χ3n) is 7.61. The van der Waals surface area contributed by atoms with E-state index in [1.54, 1.807) is 18.2 Å². The number of halogens is 4. The van der Waals surface area contributed by atoms with Gasteiger partial charge in [0, 0.05) is 17.8 Å². The summed E-state index contributed by atoms with van der Waals surface area (Å²) >= 11 is 0. The first-order chi connectivity index (χ1) is 21.6. The number of carbonyl (C=O) groups is 1. The molecule has 4 aromatic rings. The van der Waals surface area contributed by atoms with Crippen molar-refractivity contribution in [2.75, 3.05) is 11.9 Å². The summed E-state index contributed by atoms with van der Waals surface area (Å²) in [5.74, 6) is -1.01. The van der Waals surface area contributed by atoms with Crippen molar-refractivity contribution in [3.05, 3.63) is 125 Å². The molecule has 0 aliphatic heterocycles. The Kier molecular flexibility index (Phi) is 9.48. The Hall–Kier alpha value is -4.77. The standard InChI is InChI=1S/C34H34F4N6O/c1-3-8-22-13-15-25(18-26(22)32(39)40-4-2)44-29(19-30(43-44)34(36,37)38)33(45)42-28-17-24(14-16-27(28)35)31(41-20-21-11-12-21)23-9-6-5-7-10-23/h4-7,9-10,13-19,21,31,41H,2-3,8,11-12,20H2,1H3,(H2,39,40)(H,42,45). The van der Waals surface area contributed by atoms with Crippen LogP contribution in [0, 0.1) is 11.7 Å². The Balaban J connectivity index is 1.52. The summed E-state index contributed by atoms with van der Waals surface area (Å²) in [7, 11) is 0. The van der Waals surface area contributed by atoms with Crippen LogP contribution < -0.4 is 16.4 Å². The number of aryl methyl sites for hydroxylation is 1. The lowest BCUT2D eigenvalue weighted by Gasteiger charge is -2.21. The van der Waals surface area contributed by atoms with E-state index >= 15 is 4.39 Å². The molecular formula is C34H34F4N6O. The van der Waals surface area contributed by atoms with Crippen molar-refractivity contribution in [3.8, 4) is 5.69 Å². The molecular weight excluding hydrogens is 584 g/mol. The fourth-order valence-corrected chi connectivity index (χ4v) is 5.15. The molecule has 1 aromatic heterocycles. The minimum Gasteiger partial charge on any atom is -0.383 e. The highest BCUT2D eigenvalue weighted by Gasteiger charge is 2.36. The highest BCUT2D eigenvalue weighted by Crippen LogP contribution is 2.33. The van der Waals surface area contributed by atoms with Gasteiger partial charge in [-0.25, -0.2) is 14.1 Å². The van der Waals surface area contributed by atoms with Crippen LogP contribution in [-0.4, -0.2) is 28.1 Å². The van der Waals surface area contributed by atoms with Crippen molar-refractivity contribution in [1.82, 2.24) is 15.1 Å². The van der Waals surface area contributed by atoms with Crippen LogP contribution in [0.15, 0.2) is 90.6 Å². The molecule has 4 N–H and O–H groups in total. The molecule has 1 heterocycles. The topological polar surface area (TPSA) is 97.3 Å². The monoisotopic (exact) mass is 618 g/mol. The van der Waals surface area contributed by atoms with Gasteiger partial charge in [-0.05, 0) is 72.7 Å². The second kappa shape index (κ2) is 13.5. The predicted octanol–water partition coefficient (Wildman–Crippen LogP) is 7.17. The minimum absolute atomic E-state index is 0.117. The molecule has 0 radical (unpaired) electrons. The molecule has 11 heteroatoms. The first kappa shape index (κ1) is 31.6. The van der Waals surface area contributed by atoms with Crippen LogP contribution in [0.5, 0.6) is 0 Å². The van der Waals surface area contributed by atoms with Crippen molar-refractivity contribution in [2.24, 2.45) is 16.6 Å². The number of aromatic nitrogens is 2. The van der Waals surface area contributed by atoms with Gasteiger partial charge >= 0.3 is 6.18 Å². The van der Waals surface area contributed by atoms with E-state index in [0.717, 1.165) is 41.6 Å². The van der Waals surface area contributed by atoms with Crippen molar-refractivity contribution in [1.29, 1.82) is 0 Å². The number of nitrogens with two attached hydrogens (primary N) is 1. The molecule has 5 rings (SSSR count). The molecule has 1 aliphatic rings. The van der Waals surface area contributed by atoms with Crippen LogP contribution in [0.2, 0.25) is 0 Å². The fourth-order valence-electron chi connectivity index (χ4n) is 5.15. The van der Waals surface area contributed by atoms with Crippen LogP contribution in [0.1, 0.15) is 70.7 Å². The molecule has 234 valence electrons. The summed E-state index contributed by atoms with van der Waals surface area (Å²) in [4.78, 5) is 17.6. The zero-order valence-corrected chi connectivity index (χ0v) is 24.7. The lowest BCUT2D eigenvalue weighted by molar-refractivity contribution is -0.141. The largest absolute Gasteiger partial charge is 0.435 e. The smallest absolute Gasteiger partial charge is 0.383 e. The van der Waals surface area contributed by atoms with Gasteiger partial charge in [0.1, 0.15) is 17.3 Å². The van der Waals surface area contributed by atoms with E-state index in [2.05, 4.69) is 27.3 Å². The lowest BCUT2D eigenvalue weighted by Crippen LogP contribution is -2.25. The Morgan fingerprint density at radius 3 is 2.53 bits per heavy atom. The van der Waals surface area contributed by atoms with E-state index in [4.69, 9.17) is 5.73 Å². The molecule has 1 amide bonds. The number of hydrogen-bond donors (Lipinski definition) is 3. The molecule has 7 nitrogen and oxygen atoms in total. The SMILES string of the molecule is C=CN=C(N)c1cc(-n2nc(C(F)(F)F)cc2C(=O)Nc2cc(C(NCC3CC3)c3ccccc3)ccc2F)ccc1CCC. The van der Waals surface area contributed by atoms with Gasteiger partial charge in [-0.2, -0.15) is 18.3 Å². The van der Waals surface area contributed by atoms with Crippen molar-refractivity contribution < 1.29 is 22.4 Å². The molecule has 1 unspecified atom stereocenters. The lowest BCUT2D eigenvalue weighted by atomic mass is 9.97. The van der Waals surface area contributed by atoms with Crippen LogP contribution in [0.25, 0.3) is 5.69 Å². The summed E-state index contributed by atoms with van der Waals surface area (Å²) in [6.45, 7) is 6.31. The van der Waals surface area contributed by atoms with E-state index in [-0.39, 0.29) is 23.3 Å². The number of benzene rings is 3. The first-order valence-corrected chi connectivity index (χ1v) is 14.7. The Bertz CT molecular complexity index is 1710. The normalized spacial score (nSPS) is 14.3. The molecule has 1 aliphatic carbocycles. The number of amides is 1. The highest BCUT2D eigenvalue weighted by molar-refractivity contribution is 6.04. The quantitative estimate of drug-likeness (QED) is 0.0891. The van der Waals surface area contributed by atoms with Gasteiger partial charge < -0.3 is 16.4 Å². The molecule has 1 atom stereocenters. The van der Waals surface area contributed by atoms with Crippen LogP contribution in [0.3, 0.4) is 0 Å². The number of rotatable bonds is 12. The van der Waals surface area contributed by atoms with Crippen LogP contribution in [0.4, 0.5) is 23.2 Å². The van der Waals surface area contributed by atoms with Gasteiger partial charge in [-0.3, -0.25) is 4.79 Å². The summed E-state index contributed by atoms with van der Waals surface area (Å²) in [5, 5.41) is 9.73. The third kappa shape index (κ3) is 7.49. The second-order valence-electron chi connectivity index (χ2n) is 11.0. The van der Waals surface area contributed by atoms with Gasteiger partial charge in [-0.15, -0.1) is 0 Å². The molecule has 45 heavy (non-hydrogen) atoms. The van der Waals surface area contributed by atoms with Crippen molar-refractivity contribution in [3.63, 3.8) is 0 Å². The molecule has 0 spiro atoms. The van der Waals surface area contributed by atoms with E-state index in [0.29, 0.717) is 29.5 Å². The Morgan fingerprint density at radius 1 is 1.11 bits per heavy atom. The zero-order chi connectivity index (χ0) is 32.1. The molecule has 1 fully saturated rings. The summed E-state index contributed by atoms with van der Waals surface area (Å²) in [5.41, 5.74) is 7.35. The number of carbonyl (C=O) groups excluding carboxylic acids is 1. The van der Waals surface area contributed by atoms with Gasteiger partial charge in [0.15, 0.2) is 5.69 Å². The second-order valence-corrected chi connectivity index (χ2v) is 11.0. The maximum Gasteiger partial charge on any atom is 0.435 e. The van der Waals surface area contributed by atoms with Crippen molar-refractivity contribution in [2.45, 2.75) is 44.8 Å². The number of anilines is 1. The van der Waals surface area contributed by atoms with Gasteiger partial charge in [0.05, 0.1) is 17.4 Å². The molecule has 0 bridgehead atoms. The van der Waals surface area contributed by atoms with E-state index in [1.165, 1.54) is 24.4 Å². The molecule has 1 saturated carbocycles. The average Bonchev–Trinajstić information content (AvgIpc) is 3.73. The average molecular weight is 619 g/mol. The number of nitrogens with zero attached hydrogens (tertiary/aromatic N) is 3. The van der Waals surface area contributed by atoms with Crippen molar-refractivity contribution >= 4 is 17.4 Å². The summed E-state index contributed by atoms with van der Waals surface area (Å²) in [6.07, 6.45) is 0.132.